The van der Waals surface area contributed by atoms with Gasteiger partial charge in [-0.25, -0.2) is 0 Å². The lowest BCUT2D eigenvalue weighted by Gasteiger charge is -2.31. The second kappa shape index (κ2) is 4.67. The minimum atomic E-state index is -7.37. The molecule has 0 aromatic heterocycles. The van der Waals surface area contributed by atoms with E-state index in [4.69, 9.17) is 4.55 Å². The Labute approximate surface area is 96.7 Å². The van der Waals surface area contributed by atoms with Crippen LogP contribution < -0.4 is 0 Å². The second-order valence-electron chi connectivity index (χ2n) is 2.64. The predicted octanol–water partition coefficient (Wildman–Crippen LogP) is 2.36. The molecule has 14 heteroatoms. The lowest BCUT2D eigenvalue weighted by atomic mass is 10.1. The summed E-state index contributed by atoms with van der Waals surface area (Å²) >= 11 is 0. The van der Waals surface area contributed by atoms with Crippen molar-refractivity contribution < 1.29 is 52.5 Å². The van der Waals surface area contributed by atoms with Crippen LogP contribution in [0.4, 0.5) is 39.5 Å². The minimum Gasteiger partial charge on any atom is -0.281 e. The first-order valence-corrected chi connectivity index (χ1v) is 4.61. The Morgan fingerprint density at radius 2 is 1.00 bits per heavy atom. The lowest BCUT2D eigenvalue weighted by Crippen LogP contribution is -2.63. The summed E-state index contributed by atoms with van der Waals surface area (Å²) in [5, 5.41) is -7.00. The summed E-state index contributed by atoms with van der Waals surface area (Å²) < 4.78 is 134. The molecule has 0 aromatic rings. The summed E-state index contributed by atoms with van der Waals surface area (Å²) in [6, 6.07) is 0. The molecule has 1 N–H and O–H groups in total. The van der Waals surface area contributed by atoms with Crippen LogP contribution in [0.15, 0.2) is 0 Å². The topological polar surface area (TPSA) is 54.4 Å². The average Bonchev–Trinajstić information content (AvgIpc) is 1.98. The van der Waals surface area contributed by atoms with Gasteiger partial charge in [0.1, 0.15) is 0 Å². The van der Waals surface area contributed by atoms with E-state index < -0.39 is 33.4 Å². The molecule has 0 aromatic carbocycles. The summed E-state index contributed by atoms with van der Waals surface area (Å²) in [7, 11) is -7.17. The van der Waals surface area contributed by atoms with Gasteiger partial charge in [-0.3, -0.25) is 4.55 Å². The van der Waals surface area contributed by atoms with E-state index in [1.807, 2.05) is 0 Å². The highest BCUT2D eigenvalue weighted by molar-refractivity contribution is 7.87. The molecule has 0 saturated heterocycles. The molecule has 0 amide bonds. The van der Waals surface area contributed by atoms with Gasteiger partial charge in [-0.1, -0.05) is 0 Å². The van der Waals surface area contributed by atoms with E-state index >= 15 is 0 Å². The van der Waals surface area contributed by atoms with Crippen LogP contribution in [0, 0.1) is 0 Å². The van der Waals surface area contributed by atoms with Gasteiger partial charge in [-0.05, 0) is 0 Å². The van der Waals surface area contributed by atoms with Crippen LogP contribution in [0.2, 0.25) is 0 Å². The summed E-state index contributed by atoms with van der Waals surface area (Å²) in [5.74, 6) is -14.7. The third-order valence-corrected chi connectivity index (χ3v) is 2.34. The molecular formula is C4H4F9O3PS. The zero-order valence-corrected chi connectivity index (χ0v) is 10.0. The van der Waals surface area contributed by atoms with Crippen LogP contribution in [0.1, 0.15) is 0 Å². The molecule has 0 aliphatic heterocycles. The summed E-state index contributed by atoms with van der Waals surface area (Å²) in [6.45, 7) is 0. The molecule has 0 heterocycles. The van der Waals surface area contributed by atoms with E-state index in [-0.39, 0.29) is 9.90 Å². The molecular weight excluding hydrogens is 330 g/mol. The average molecular weight is 334 g/mol. The van der Waals surface area contributed by atoms with Crippen molar-refractivity contribution in [1.29, 1.82) is 0 Å². The minimum absolute atomic E-state index is 0. The van der Waals surface area contributed by atoms with Crippen molar-refractivity contribution >= 4 is 20.0 Å². The molecule has 0 bridgehead atoms. The molecule has 3 nitrogen and oxygen atoms in total. The van der Waals surface area contributed by atoms with Crippen LogP contribution in [0.5, 0.6) is 0 Å². The summed E-state index contributed by atoms with van der Waals surface area (Å²) in [5.41, 5.74) is 0. The first kappa shape index (κ1) is 20.0. The van der Waals surface area contributed by atoms with Crippen LogP contribution in [0.3, 0.4) is 0 Å². The fourth-order valence-corrected chi connectivity index (χ4v) is 0.975. The van der Waals surface area contributed by atoms with Crippen molar-refractivity contribution in [3.05, 3.63) is 0 Å². The molecule has 0 aliphatic rings. The Morgan fingerprint density at radius 3 is 1.17 bits per heavy atom. The number of alkyl halides is 9. The van der Waals surface area contributed by atoms with Crippen LogP contribution >= 0.6 is 9.90 Å². The van der Waals surface area contributed by atoms with Gasteiger partial charge in [-0.2, -0.15) is 57.8 Å². The third-order valence-electron chi connectivity index (χ3n) is 1.44. The van der Waals surface area contributed by atoms with Crippen molar-refractivity contribution in [2.24, 2.45) is 0 Å². The maximum Gasteiger partial charge on any atom is 0.460 e. The van der Waals surface area contributed by atoms with Gasteiger partial charge in [0.05, 0.1) is 0 Å². The van der Waals surface area contributed by atoms with Crippen molar-refractivity contribution in [1.82, 2.24) is 0 Å². The molecule has 18 heavy (non-hydrogen) atoms. The zero-order chi connectivity index (χ0) is 14.5. The Balaban J connectivity index is 0. The molecule has 0 fully saturated rings. The monoisotopic (exact) mass is 334 g/mol. The SMILES string of the molecule is O=S(=O)(O)C(F)(F)C(F)(F)C(F)(F)C(F)(F)F.P. The van der Waals surface area contributed by atoms with Gasteiger partial charge in [0.15, 0.2) is 0 Å². The Bertz CT molecular complexity index is 399. The Kier molecular flexibility index (Phi) is 5.20. The van der Waals surface area contributed by atoms with Crippen molar-refractivity contribution in [3.8, 4) is 0 Å². The van der Waals surface area contributed by atoms with E-state index in [1.165, 1.54) is 0 Å². The normalized spacial score (nSPS) is 15.2. The predicted molar refractivity (Wildman–Crippen MR) is 43.5 cm³/mol. The standard InChI is InChI=1S/C4HF9O3S.H3P/c5-1(6,3(9,10)11)2(7,8)4(12,13)17(14,15)16;/h(H,14,15,16);1H3. The highest BCUT2D eigenvalue weighted by atomic mass is 32.2. The fourth-order valence-electron chi connectivity index (χ4n) is 0.523. The Morgan fingerprint density at radius 1 is 0.722 bits per heavy atom. The highest BCUT2D eigenvalue weighted by Crippen LogP contribution is 2.54. The number of hydrogen-bond donors (Lipinski definition) is 1. The van der Waals surface area contributed by atoms with Crippen LogP contribution in [-0.4, -0.2) is 36.2 Å². The van der Waals surface area contributed by atoms with Gasteiger partial charge in [0, 0.05) is 0 Å². The van der Waals surface area contributed by atoms with Crippen molar-refractivity contribution in [3.63, 3.8) is 0 Å². The van der Waals surface area contributed by atoms with Gasteiger partial charge in [0.25, 0.3) is 0 Å². The van der Waals surface area contributed by atoms with Crippen LogP contribution in [-0.2, 0) is 10.1 Å². The molecule has 112 valence electrons. The number of hydrogen-bond acceptors (Lipinski definition) is 2. The molecule has 1 unspecified atom stereocenters. The first-order valence-electron chi connectivity index (χ1n) is 3.17. The molecule has 0 radical (unpaired) electrons. The van der Waals surface area contributed by atoms with Crippen molar-refractivity contribution in [2.75, 3.05) is 0 Å². The maximum atomic E-state index is 12.2. The van der Waals surface area contributed by atoms with Crippen LogP contribution in [0.25, 0.3) is 0 Å². The Hall–Kier alpha value is -0.290. The lowest BCUT2D eigenvalue weighted by molar-refractivity contribution is -0.382. The second-order valence-corrected chi connectivity index (χ2v) is 4.10. The maximum absolute atomic E-state index is 12.2. The molecule has 1 atom stereocenters. The fraction of sp³-hybridized carbons (Fsp3) is 1.00. The van der Waals surface area contributed by atoms with Gasteiger partial charge in [-0.15, -0.1) is 0 Å². The number of halogens is 9. The molecule has 0 rings (SSSR count). The quantitative estimate of drug-likeness (QED) is 0.490. The van der Waals surface area contributed by atoms with E-state index in [0.717, 1.165) is 0 Å². The van der Waals surface area contributed by atoms with E-state index in [9.17, 15) is 47.9 Å². The smallest absolute Gasteiger partial charge is 0.281 e. The first-order chi connectivity index (χ1) is 7.00. The van der Waals surface area contributed by atoms with E-state index in [0.29, 0.717) is 0 Å². The third kappa shape index (κ3) is 2.67. The molecule has 0 saturated carbocycles. The van der Waals surface area contributed by atoms with E-state index in [2.05, 4.69) is 0 Å². The molecule has 0 aliphatic carbocycles. The number of rotatable bonds is 3. The van der Waals surface area contributed by atoms with Gasteiger partial charge in [0.2, 0.25) is 0 Å². The van der Waals surface area contributed by atoms with Gasteiger partial charge < -0.3 is 0 Å². The summed E-state index contributed by atoms with van der Waals surface area (Å²) in [4.78, 5) is 0. The summed E-state index contributed by atoms with van der Waals surface area (Å²) in [6.07, 6.45) is -7.13. The van der Waals surface area contributed by atoms with Crippen molar-refractivity contribution in [2.45, 2.75) is 23.3 Å². The van der Waals surface area contributed by atoms with Gasteiger partial charge >= 0.3 is 33.4 Å². The zero-order valence-electron chi connectivity index (χ0n) is 7.78. The molecule has 0 spiro atoms. The highest BCUT2D eigenvalue weighted by Gasteiger charge is 2.85. The largest absolute Gasteiger partial charge is 0.460 e. The van der Waals surface area contributed by atoms with E-state index in [1.54, 1.807) is 0 Å².